The molecule has 7 unspecified atom stereocenters. The van der Waals surface area contributed by atoms with E-state index in [2.05, 4.69) is 4.74 Å². The van der Waals surface area contributed by atoms with E-state index in [0.29, 0.717) is 37.5 Å². The van der Waals surface area contributed by atoms with Gasteiger partial charge < -0.3 is 28.4 Å². The van der Waals surface area contributed by atoms with Crippen LogP contribution in [-0.2, 0) is 57.7 Å². The van der Waals surface area contributed by atoms with Gasteiger partial charge in [0, 0.05) is 5.41 Å². The van der Waals surface area contributed by atoms with Crippen LogP contribution in [-0.4, -0.2) is 91.4 Å². The second kappa shape index (κ2) is 11.6. The molecule has 258 valence electrons. The fourth-order valence-electron chi connectivity index (χ4n) is 9.83. The van der Waals surface area contributed by atoms with Crippen molar-refractivity contribution in [3.8, 4) is 0 Å². The van der Waals surface area contributed by atoms with E-state index in [1.807, 2.05) is 13.8 Å². The van der Waals surface area contributed by atoms with Gasteiger partial charge in [0.2, 0.25) is 0 Å². The maximum absolute atomic E-state index is 14.1. The number of esters is 4. The van der Waals surface area contributed by atoms with Crippen LogP contribution in [0.5, 0.6) is 0 Å². The summed E-state index contributed by atoms with van der Waals surface area (Å²) in [5, 5.41) is -4.76. The molecule has 4 saturated carbocycles. The van der Waals surface area contributed by atoms with Crippen LogP contribution >= 0.6 is 0 Å². The predicted octanol–water partition coefficient (Wildman–Crippen LogP) is 2.58. The maximum atomic E-state index is 14.1. The molecule has 13 nitrogen and oxygen atoms in total. The fourth-order valence-corrected chi connectivity index (χ4v) is 10.3. The smallest absolute Gasteiger partial charge is 0.405 e. The van der Waals surface area contributed by atoms with Crippen molar-refractivity contribution < 1.29 is 69.4 Å². The van der Waals surface area contributed by atoms with E-state index < -0.39 is 100 Å². The molecule has 0 radical (unpaired) electrons. The van der Waals surface area contributed by atoms with Crippen molar-refractivity contribution in [2.75, 3.05) is 13.2 Å². The Kier molecular flexibility index (Phi) is 8.45. The summed E-state index contributed by atoms with van der Waals surface area (Å²) in [5.41, 5.74) is -0.830. The zero-order valence-electron chi connectivity index (χ0n) is 25.9. The van der Waals surface area contributed by atoms with Gasteiger partial charge in [-0.25, -0.2) is 9.59 Å². The van der Waals surface area contributed by atoms with Gasteiger partial charge in [-0.15, -0.1) is 0 Å². The number of hydrogen-bond acceptors (Lipinski definition) is 12. The third kappa shape index (κ3) is 5.30. The van der Waals surface area contributed by atoms with Crippen molar-refractivity contribution in [3.63, 3.8) is 0 Å². The third-order valence-electron chi connectivity index (χ3n) is 11.5. The lowest BCUT2D eigenvalue weighted by molar-refractivity contribution is -0.218. The van der Waals surface area contributed by atoms with Crippen molar-refractivity contribution >= 4 is 34.0 Å². The number of fused-ring (bicyclic) bond motifs is 1. The van der Waals surface area contributed by atoms with Gasteiger partial charge in [-0.3, -0.25) is 14.1 Å². The van der Waals surface area contributed by atoms with Crippen molar-refractivity contribution in [2.45, 2.75) is 114 Å². The van der Waals surface area contributed by atoms with Crippen LogP contribution in [0.1, 0.15) is 72.1 Å². The number of halogens is 2. The highest BCUT2D eigenvalue weighted by Crippen LogP contribution is 2.66. The molecule has 7 aliphatic rings. The van der Waals surface area contributed by atoms with Gasteiger partial charge in [-0.1, -0.05) is 13.8 Å². The first kappa shape index (κ1) is 33.5. The Balaban J connectivity index is 1.09. The first-order chi connectivity index (χ1) is 21.5. The third-order valence-corrected chi connectivity index (χ3v) is 12.5. The van der Waals surface area contributed by atoms with Crippen LogP contribution < -0.4 is 0 Å². The largest absolute Gasteiger partial charge is 0.458 e. The monoisotopic (exact) mass is 678 g/mol. The van der Waals surface area contributed by atoms with Gasteiger partial charge in [-0.2, -0.15) is 17.2 Å². The summed E-state index contributed by atoms with van der Waals surface area (Å²) < 4.78 is 90.1. The molecule has 0 amide bonds. The molecular formula is C30H40F2O13S. The highest BCUT2D eigenvalue weighted by molar-refractivity contribution is 7.86. The molecule has 3 heterocycles. The van der Waals surface area contributed by atoms with E-state index in [1.165, 1.54) is 19.3 Å². The summed E-state index contributed by atoms with van der Waals surface area (Å²) in [6.45, 7) is 2.75. The Bertz CT molecular complexity index is 1340. The SMILES string of the molecule is CCC(CC)(OC(=O)C1C2OC3C(OC(=O)C31)C2OC(=O)COCC(=O)OC(C)C(F)(F)S(=O)(=O)O)C12CC3CC(CC(C3)C1)C2. The van der Waals surface area contributed by atoms with Gasteiger partial charge in [0.15, 0.2) is 18.3 Å². The zero-order chi connectivity index (χ0) is 33.4. The van der Waals surface area contributed by atoms with Gasteiger partial charge in [0.05, 0.1) is 0 Å². The lowest BCUT2D eigenvalue weighted by Gasteiger charge is -2.63. The van der Waals surface area contributed by atoms with Crippen molar-refractivity contribution in [1.29, 1.82) is 0 Å². The topological polar surface area (TPSA) is 178 Å². The van der Waals surface area contributed by atoms with Gasteiger partial charge in [0.25, 0.3) is 0 Å². The number of carbonyl (C=O) groups is 4. The van der Waals surface area contributed by atoms with E-state index >= 15 is 0 Å². The zero-order valence-corrected chi connectivity index (χ0v) is 26.7. The molecule has 3 aliphatic heterocycles. The molecule has 0 aromatic rings. The van der Waals surface area contributed by atoms with E-state index in [4.69, 9.17) is 28.2 Å². The molecule has 7 rings (SSSR count). The normalized spacial score (nSPS) is 38.0. The first-order valence-corrected chi connectivity index (χ1v) is 17.4. The lowest BCUT2D eigenvalue weighted by atomic mass is 9.44. The fraction of sp³-hybridized carbons (Fsp3) is 0.867. The summed E-state index contributed by atoms with van der Waals surface area (Å²) in [5.74, 6) is -3.73. The molecule has 4 aliphatic carbocycles. The Hall–Kier alpha value is -2.43. The standard InChI is InChI=1S/C30H40F2O13S/c1-4-29(5-2,28-9-15-6-16(10-28)8-17(7-15)11-28)45-27(36)21-20-22-25(44-26(20)35)24(23(21)43-22)42-19(34)13-40-12-18(33)41-14(3)30(31,32)46(37,38)39/h14-17,20-25H,4-13H2,1-3H3,(H,37,38,39). The van der Waals surface area contributed by atoms with Gasteiger partial charge in [0.1, 0.15) is 42.9 Å². The minimum absolute atomic E-state index is 0.123. The van der Waals surface area contributed by atoms with E-state index in [9.17, 15) is 36.4 Å². The number of carbonyl (C=O) groups excluding carboxylic acids is 4. The molecule has 46 heavy (non-hydrogen) atoms. The Morgan fingerprint density at radius 2 is 1.54 bits per heavy atom. The van der Waals surface area contributed by atoms with Crippen LogP contribution in [0.4, 0.5) is 8.78 Å². The minimum atomic E-state index is -5.85. The van der Waals surface area contributed by atoms with Gasteiger partial charge in [-0.05, 0) is 76.0 Å². The van der Waals surface area contributed by atoms with Gasteiger partial charge >= 0.3 is 39.2 Å². The Morgan fingerprint density at radius 1 is 0.978 bits per heavy atom. The second-order valence-electron chi connectivity index (χ2n) is 14.0. The van der Waals surface area contributed by atoms with Crippen molar-refractivity contribution in [3.05, 3.63) is 0 Å². The second-order valence-corrected chi connectivity index (χ2v) is 15.4. The average Bonchev–Trinajstić information content (AvgIpc) is 3.58. The quantitative estimate of drug-likeness (QED) is 0.171. The molecule has 7 atom stereocenters. The van der Waals surface area contributed by atoms with Crippen molar-refractivity contribution in [1.82, 2.24) is 0 Å². The highest BCUT2D eigenvalue weighted by atomic mass is 32.2. The minimum Gasteiger partial charge on any atom is -0.458 e. The molecule has 16 heteroatoms. The van der Waals surface area contributed by atoms with Crippen LogP contribution in [0.2, 0.25) is 0 Å². The summed E-state index contributed by atoms with van der Waals surface area (Å²) in [4.78, 5) is 51.4. The van der Waals surface area contributed by atoms with Crippen LogP contribution in [0.3, 0.4) is 0 Å². The predicted molar refractivity (Wildman–Crippen MR) is 148 cm³/mol. The Labute approximate surface area is 265 Å². The Morgan fingerprint density at radius 3 is 2.09 bits per heavy atom. The molecule has 0 aromatic carbocycles. The molecule has 6 bridgehead atoms. The van der Waals surface area contributed by atoms with E-state index in [-0.39, 0.29) is 5.41 Å². The van der Waals surface area contributed by atoms with Crippen LogP contribution in [0, 0.1) is 35.0 Å². The molecule has 0 spiro atoms. The summed E-state index contributed by atoms with van der Waals surface area (Å²) in [7, 11) is -5.85. The van der Waals surface area contributed by atoms with Crippen LogP contribution in [0.15, 0.2) is 0 Å². The number of alkyl halides is 2. The maximum Gasteiger partial charge on any atom is 0.405 e. The summed E-state index contributed by atoms with van der Waals surface area (Å²) >= 11 is 0. The summed E-state index contributed by atoms with van der Waals surface area (Å²) in [6.07, 6.45) is 1.53. The lowest BCUT2D eigenvalue weighted by Crippen LogP contribution is -2.60. The average molecular weight is 679 g/mol. The number of ether oxygens (including phenoxy) is 6. The van der Waals surface area contributed by atoms with E-state index in [0.717, 1.165) is 19.3 Å². The highest BCUT2D eigenvalue weighted by Gasteiger charge is 2.73. The van der Waals surface area contributed by atoms with Crippen LogP contribution in [0.25, 0.3) is 0 Å². The molecule has 1 N–H and O–H groups in total. The first-order valence-electron chi connectivity index (χ1n) is 15.9. The number of hydrogen-bond donors (Lipinski definition) is 1. The summed E-state index contributed by atoms with van der Waals surface area (Å²) in [6, 6.07) is 0. The molecule has 7 fully saturated rings. The molecule has 0 aromatic heterocycles. The number of rotatable bonds is 13. The molecular weight excluding hydrogens is 638 g/mol. The van der Waals surface area contributed by atoms with Crippen molar-refractivity contribution in [2.24, 2.45) is 35.0 Å². The van der Waals surface area contributed by atoms with E-state index in [1.54, 1.807) is 0 Å². The molecule has 3 saturated heterocycles.